The summed E-state index contributed by atoms with van der Waals surface area (Å²) in [5.41, 5.74) is 2.43. The smallest absolute Gasteiger partial charge is 0.253 e. The van der Waals surface area contributed by atoms with Gasteiger partial charge < -0.3 is 15.7 Å². The Labute approximate surface area is 121 Å². The van der Waals surface area contributed by atoms with E-state index in [1.807, 2.05) is 30.3 Å². The number of aliphatic hydroxyl groups is 1. The van der Waals surface area contributed by atoms with Gasteiger partial charge in [-0.15, -0.1) is 0 Å². The zero-order valence-corrected chi connectivity index (χ0v) is 11.5. The molecule has 1 aliphatic rings. The number of hydrogen-bond donors (Lipinski definition) is 3. The Morgan fingerprint density at radius 2 is 1.95 bits per heavy atom. The number of carbonyl (C=O) groups excluding carboxylic acids is 1. The molecule has 0 fully saturated rings. The molecule has 0 saturated heterocycles. The van der Waals surface area contributed by atoms with Crippen LogP contribution in [0.1, 0.15) is 10.4 Å². The Hall–Kier alpha value is -1.98. The molecule has 0 spiro atoms. The average molecular weight is 286 g/mol. The van der Waals surface area contributed by atoms with Crippen molar-refractivity contribution >= 4 is 29.0 Å². The van der Waals surface area contributed by atoms with Crippen molar-refractivity contribution in [2.24, 2.45) is 0 Å². The minimum Gasteiger partial charge on any atom is -0.395 e. The summed E-state index contributed by atoms with van der Waals surface area (Å²) in [6, 6.07) is 13.7. The first-order valence-electron chi connectivity index (χ1n) is 6.35. The molecule has 1 amide bonds. The minimum atomic E-state index is -0.177. The average Bonchev–Trinajstić information content (AvgIpc) is 2.50. The summed E-state index contributed by atoms with van der Waals surface area (Å²) in [5.74, 6) is -0.177. The lowest BCUT2D eigenvalue weighted by atomic mass is 10.1. The third-order valence-electron chi connectivity index (χ3n) is 3.03. The Morgan fingerprint density at radius 3 is 2.80 bits per heavy atom. The lowest BCUT2D eigenvalue weighted by Gasteiger charge is -2.22. The van der Waals surface area contributed by atoms with Gasteiger partial charge in [-0.05, 0) is 24.3 Å². The molecular weight excluding hydrogens is 272 g/mol. The van der Waals surface area contributed by atoms with E-state index in [0.717, 1.165) is 21.2 Å². The summed E-state index contributed by atoms with van der Waals surface area (Å²) in [5, 5.41) is 14.8. The SMILES string of the molecule is O=C(NCCO)c1cccc2c1Nc1ccccc1S2. The van der Waals surface area contributed by atoms with Gasteiger partial charge in [-0.1, -0.05) is 30.0 Å². The first kappa shape index (κ1) is 13.0. The van der Waals surface area contributed by atoms with E-state index < -0.39 is 0 Å². The minimum absolute atomic E-state index is 0.0637. The molecule has 0 bridgehead atoms. The molecule has 1 aliphatic heterocycles. The molecule has 4 nitrogen and oxygen atoms in total. The predicted molar refractivity (Wildman–Crippen MR) is 79.7 cm³/mol. The number of benzene rings is 2. The number of hydrogen-bond acceptors (Lipinski definition) is 4. The molecule has 5 heteroatoms. The molecule has 102 valence electrons. The van der Waals surface area contributed by atoms with Crippen LogP contribution in [0, 0.1) is 0 Å². The first-order chi connectivity index (χ1) is 9.79. The molecule has 0 atom stereocenters. The molecule has 0 unspecified atom stereocenters. The van der Waals surface area contributed by atoms with Crippen LogP contribution in [0.25, 0.3) is 0 Å². The highest BCUT2D eigenvalue weighted by Gasteiger charge is 2.20. The van der Waals surface area contributed by atoms with Crippen LogP contribution in [0.3, 0.4) is 0 Å². The topological polar surface area (TPSA) is 61.4 Å². The summed E-state index contributed by atoms with van der Waals surface area (Å²) in [6.45, 7) is 0.192. The molecule has 0 radical (unpaired) electrons. The third-order valence-corrected chi connectivity index (χ3v) is 4.17. The van der Waals surface area contributed by atoms with E-state index in [4.69, 9.17) is 5.11 Å². The number of nitrogens with one attached hydrogen (secondary N) is 2. The molecule has 1 heterocycles. The van der Waals surface area contributed by atoms with E-state index in [1.54, 1.807) is 17.8 Å². The standard InChI is InChI=1S/C15H14N2O2S/c18-9-8-16-15(19)10-4-3-7-13-14(10)17-11-5-1-2-6-12(11)20-13/h1-7,17-18H,8-9H2,(H,16,19). The number of rotatable bonds is 3. The number of carbonyl (C=O) groups is 1. The molecular formula is C15H14N2O2S. The van der Waals surface area contributed by atoms with Crippen molar-refractivity contribution in [2.45, 2.75) is 9.79 Å². The van der Waals surface area contributed by atoms with Crippen LogP contribution in [0.4, 0.5) is 11.4 Å². The van der Waals surface area contributed by atoms with Crippen LogP contribution in [0.2, 0.25) is 0 Å². The molecule has 0 aromatic heterocycles. The van der Waals surface area contributed by atoms with Gasteiger partial charge >= 0.3 is 0 Å². The van der Waals surface area contributed by atoms with Crippen LogP contribution >= 0.6 is 11.8 Å². The summed E-state index contributed by atoms with van der Waals surface area (Å²) in [6.07, 6.45) is 0. The number of fused-ring (bicyclic) bond motifs is 2. The normalized spacial score (nSPS) is 12.1. The summed E-state index contributed by atoms with van der Waals surface area (Å²) >= 11 is 1.65. The second kappa shape index (κ2) is 5.56. The Balaban J connectivity index is 1.96. The van der Waals surface area contributed by atoms with Gasteiger partial charge in [-0.25, -0.2) is 0 Å². The van der Waals surface area contributed by atoms with Gasteiger partial charge in [0.25, 0.3) is 5.91 Å². The van der Waals surface area contributed by atoms with Crippen molar-refractivity contribution in [3.63, 3.8) is 0 Å². The molecule has 0 saturated carbocycles. The quantitative estimate of drug-likeness (QED) is 0.692. The van der Waals surface area contributed by atoms with Crippen LogP contribution in [0.5, 0.6) is 0 Å². The van der Waals surface area contributed by atoms with E-state index in [9.17, 15) is 4.79 Å². The Morgan fingerprint density at radius 1 is 1.15 bits per heavy atom. The number of para-hydroxylation sites is 2. The molecule has 2 aromatic rings. The van der Waals surface area contributed by atoms with Gasteiger partial charge in [-0.2, -0.15) is 0 Å². The molecule has 3 N–H and O–H groups in total. The molecule has 0 aliphatic carbocycles. The summed E-state index contributed by atoms with van der Waals surface area (Å²) in [7, 11) is 0. The zero-order valence-electron chi connectivity index (χ0n) is 10.7. The van der Waals surface area contributed by atoms with E-state index in [2.05, 4.69) is 16.7 Å². The fourth-order valence-electron chi connectivity index (χ4n) is 2.11. The number of amides is 1. The summed E-state index contributed by atoms with van der Waals surface area (Å²) in [4.78, 5) is 14.3. The monoisotopic (exact) mass is 286 g/mol. The van der Waals surface area contributed by atoms with E-state index in [1.165, 1.54) is 0 Å². The van der Waals surface area contributed by atoms with Gasteiger partial charge in [0.05, 0.1) is 23.5 Å². The van der Waals surface area contributed by atoms with Crippen LogP contribution in [0.15, 0.2) is 52.3 Å². The Kier molecular flexibility index (Phi) is 3.62. The van der Waals surface area contributed by atoms with Gasteiger partial charge in [0.2, 0.25) is 0 Å². The van der Waals surface area contributed by atoms with Crippen molar-refractivity contribution in [3.8, 4) is 0 Å². The fourth-order valence-corrected chi connectivity index (χ4v) is 3.13. The maximum absolute atomic E-state index is 12.1. The maximum Gasteiger partial charge on any atom is 0.253 e. The fraction of sp³-hybridized carbons (Fsp3) is 0.133. The Bertz CT molecular complexity index is 658. The van der Waals surface area contributed by atoms with Crippen LogP contribution in [-0.4, -0.2) is 24.2 Å². The second-order valence-corrected chi connectivity index (χ2v) is 5.47. The highest BCUT2D eigenvalue weighted by Crippen LogP contribution is 2.45. The second-order valence-electron chi connectivity index (χ2n) is 4.38. The maximum atomic E-state index is 12.1. The van der Waals surface area contributed by atoms with Crippen molar-refractivity contribution < 1.29 is 9.90 Å². The van der Waals surface area contributed by atoms with Gasteiger partial charge in [0.1, 0.15) is 0 Å². The van der Waals surface area contributed by atoms with Gasteiger partial charge in [0.15, 0.2) is 0 Å². The van der Waals surface area contributed by atoms with Crippen molar-refractivity contribution in [1.82, 2.24) is 5.32 Å². The van der Waals surface area contributed by atoms with E-state index in [-0.39, 0.29) is 19.1 Å². The lowest BCUT2D eigenvalue weighted by molar-refractivity contribution is 0.0945. The molecule has 20 heavy (non-hydrogen) atoms. The highest BCUT2D eigenvalue weighted by atomic mass is 32.2. The van der Waals surface area contributed by atoms with Crippen molar-refractivity contribution in [3.05, 3.63) is 48.0 Å². The third kappa shape index (κ3) is 2.37. The van der Waals surface area contributed by atoms with Crippen molar-refractivity contribution in [1.29, 1.82) is 0 Å². The van der Waals surface area contributed by atoms with Gasteiger partial charge in [-0.3, -0.25) is 4.79 Å². The molecule has 3 rings (SSSR count). The zero-order chi connectivity index (χ0) is 13.9. The summed E-state index contributed by atoms with van der Waals surface area (Å²) < 4.78 is 0. The predicted octanol–water partition coefficient (Wildman–Crippen LogP) is 2.62. The van der Waals surface area contributed by atoms with Crippen LogP contribution in [-0.2, 0) is 0 Å². The van der Waals surface area contributed by atoms with Crippen LogP contribution < -0.4 is 10.6 Å². The van der Waals surface area contributed by atoms with Crippen molar-refractivity contribution in [2.75, 3.05) is 18.5 Å². The lowest BCUT2D eigenvalue weighted by Crippen LogP contribution is -2.27. The van der Waals surface area contributed by atoms with Gasteiger partial charge in [0, 0.05) is 16.3 Å². The number of aliphatic hydroxyl groups excluding tert-OH is 1. The largest absolute Gasteiger partial charge is 0.395 e. The van der Waals surface area contributed by atoms with E-state index in [0.29, 0.717) is 5.56 Å². The highest BCUT2D eigenvalue weighted by molar-refractivity contribution is 7.99. The molecule has 2 aromatic carbocycles. The first-order valence-corrected chi connectivity index (χ1v) is 7.17. The number of anilines is 2. The van der Waals surface area contributed by atoms with E-state index >= 15 is 0 Å².